The Kier molecular flexibility index (Phi) is 5.44. The summed E-state index contributed by atoms with van der Waals surface area (Å²) in [6, 6.07) is 20.9. The molecule has 4 rings (SSSR count). The van der Waals surface area contributed by atoms with Gasteiger partial charge in [0.05, 0.1) is 10.4 Å². The van der Waals surface area contributed by atoms with Crippen molar-refractivity contribution in [3.8, 4) is 0 Å². The Hall–Kier alpha value is -3.71. The number of aryl methyl sites for hydroxylation is 1. The summed E-state index contributed by atoms with van der Waals surface area (Å²) in [4.78, 5) is 23.9. The number of hydrogen-bond acceptors (Lipinski definition) is 4. The van der Waals surface area contributed by atoms with Crippen LogP contribution in [0.25, 0.3) is 10.9 Å². The molecule has 0 unspecified atom stereocenters. The zero-order valence-corrected chi connectivity index (χ0v) is 17.6. The fraction of sp³-hybridized carbons (Fsp3) is 0.0833. The van der Waals surface area contributed by atoms with Crippen molar-refractivity contribution in [2.45, 2.75) is 18.2 Å². The van der Waals surface area contributed by atoms with Crippen LogP contribution in [0.15, 0.2) is 83.9 Å². The van der Waals surface area contributed by atoms with Crippen LogP contribution in [0.5, 0.6) is 0 Å². The van der Waals surface area contributed by atoms with Gasteiger partial charge in [-0.25, -0.2) is 13.1 Å². The molecule has 0 saturated carbocycles. The molecule has 1 amide bonds. The molecule has 1 heterocycles. The first-order valence-corrected chi connectivity index (χ1v) is 11.1. The van der Waals surface area contributed by atoms with E-state index in [2.05, 4.69) is 4.72 Å². The second-order valence-corrected chi connectivity index (χ2v) is 8.91. The molecule has 0 aliphatic carbocycles. The lowest BCUT2D eigenvalue weighted by atomic mass is 10.0. The molecule has 1 N–H and O–H groups in total. The number of benzene rings is 3. The summed E-state index contributed by atoms with van der Waals surface area (Å²) in [6.07, 6.45) is 3.14. The summed E-state index contributed by atoms with van der Waals surface area (Å²) in [5.41, 5.74) is 3.57. The summed E-state index contributed by atoms with van der Waals surface area (Å²) in [7, 11) is -3.96. The van der Waals surface area contributed by atoms with Gasteiger partial charge in [0.15, 0.2) is 0 Å². The second-order valence-electron chi connectivity index (χ2n) is 7.26. The van der Waals surface area contributed by atoms with E-state index in [-0.39, 0.29) is 10.5 Å². The minimum absolute atomic E-state index is 0.0755. The van der Waals surface area contributed by atoms with E-state index >= 15 is 0 Å². The molecular formula is C24H20N2O4S. The number of hydrogen-bond donors (Lipinski definition) is 1. The number of carbonyl (C=O) groups excluding carboxylic acids is 2. The third-order valence-electron chi connectivity index (χ3n) is 5.16. The number of rotatable bonds is 6. The summed E-state index contributed by atoms with van der Waals surface area (Å²) >= 11 is 0. The first-order chi connectivity index (χ1) is 14.9. The van der Waals surface area contributed by atoms with Crippen molar-refractivity contribution in [3.05, 3.63) is 101 Å². The molecule has 0 radical (unpaired) electrons. The predicted molar refractivity (Wildman–Crippen MR) is 119 cm³/mol. The fourth-order valence-corrected chi connectivity index (χ4v) is 4.81. The maximum atomic E-state index is 12.5. The molecular weight excluding hydrogens is 412 g/mol. The molecule has 0 aliphatic rings. The third-order valence-corrected chi connectivity index (χ3v) is 6.65. The molecule has 0 fully saturated rings. The highest BCUT2D eigenvalue weighted by Gasteiger charge is 2.20. The Morgan fingerprint density at radius 1 is 0.968 bits per heavy atom. The van der Waals surface area contributed by atoms with Crippen molar-refractivity contribution < 1.29 is 18.0 Å². The third kappa shape index (κ3) is 4.13. The predicted octanol–water partition coefficient (Wildman–Crippen LogP) is 3.70. The molecule has 7 heteroatoms. The number of carbonyl (C=O) groups is 2. The van der Waals surface area contributed by atoms with Crippen LogP contribution in [0.1, 0.15) is 27.0 Å². The normalized spacial score (nSPS) is 11.4. The van der Waals surface area contributed by atoms with Gasteiger partial charge in [0.1, 0.15) is 0 Å². The number of nitrogens with one attached hydrogen (secondary N) is 1. The Labute approximate surface area is 180 Å². The quantitative estimate of drug-likeness (QED) is 0.471. The van der Waals surface area contributed by atoms with Crippen molar-refractivity contribution in [1.82, 2.24) is 9.29 Å². The molecule has 156 valence electrons. The molecule has 1 aromatic heterocycles. The van der Waals surface area contributed by atoms with Crippen molar-refractivity contribution in [1.29, 1.82) is 0 Å². The second kappa shape index (κ2) is 8.20. The van der Waals surface area contributed by atoms with Gasteiger partial charge in [-0.1, -0.05) is 48.5 Å². The molecule has 6 nitrogen and oxygen atoms in total. The molecule has 0 saturated heterocycles. The van der Waals surface area contributed by atoms with Gasteiger partial charge >= 0.3 is 0 Å². The molecule has 0 bridgehead atoms. The van der Waals surface area contributed by atoms with Gasteiger partial charge in [-0.3, -0.25) is 14.2 Å². The minimum Gasteiger partial charge on any atom is -0.290 e. The van der Waals surface area contributed by atoms with Gasteiger partial charge in [-0.2, -0.15) is 0 Å². The highest BCUT2D eigenvalue weighted by Crippen LogP contribution is 2.23. The molecule has 3 aromatic carbocycles. The van der Waals surface area contributed by atoms with Crippen LogP contribution in [0.4, 0.5) is 0 Å². The first-order valence-electron chi connectivity index (χ1n) is 9.64. The van der Waals surface area contributed by atoms with E-state index in [1.807, 2.05) is 24.3 Å². The molecule has 0 atom stereocenters. The van der Waals surface area contributed by atoms with E-state index in [1.165, 1.54) is 6.07 Å². The Balaban J connectivity index is 1.53. The van der Waals surface area contributed by atoms with Gasteiger partial charge in [-0.15, -0.1) is 0 Å². The maximum absolute atomic E-state index is 12.5. The van der Waals surface area contributed by atoms with Crippen LogP contribution in [0.2, 0.25) is 0 Å². The molecule has 0 aliphatic heterocycles. The number of para-hydroxylation sites is 1. The lowest BCUT2D eigenvalue weighted by molar-refractivity contribution is 0.0981. The van der Waals surface area contributed by atoms with Crippen molar-refractivity contribution in [2.75, 3.05) is 0 Å². The SMILES string of the molecule is Cc1ccccc1S(=O)(=O)NC(=O)c1ccc(Cc2cn(C=O)c3ccccc23)cc1. The Morgan fingerprint density at radius 2 is 1.65 bits per heavy atom. The number of amides is 1. The lowest BCUT2D eigenvalue weighted by Crippen LogP contribution is -2.31. The van der Waals surface area contributed by atoms with E-state index < -0.39 is 15.9 Å². The van der Waals surface area contributed by atoms with Gasteiger partial charge in [-0.05, 0) is 54.3 Å². The largest absolute Gasteiger partial charge is 0.290 e. The highest BCUT2D eigenvalue weighted by atomic mass is 32.2. The fourth-order valence-electron chi connectivity index (χ4n) is 3.59. The van der Waals surface area contributed by atoms with E-state index in [4.69, 9.17) is 0 Å². The molecule has 0 spiro atoms. The monoisotopic (exact) mass is 432 g/mol. The van der Waals surface area contributed by atoms with Crippen LogP contribution in [-0.4, -0.2) is 25.3 Å². The van der Waals surface area contributed by atoms with Crippen LogP contribution in [0, 0.1) is 6.92 Å². The summed E-state index contributed by atoms with van der Waals surface area (Å²) in [5.74, 6) is -0.688. The van der Waals surface area contributed by atoms with Gasteiger partial charge < -0.3 is 0 Å². The van der Waals surface area contributed by atoms with Crippen molar-refractivity contribution >= 4 is 33.2 Å². The number of sulfonamides is 1. The van der Waals surface area contributed by atoms with E-state index in [1.54, 1.807) is 60.2 Å². The standard InChI is InChI=1S/C24H20N2O4S/c1-17-6-2-5-9-23(17)31(29,30)25-24(28)19-12-10-18(11-13-19)14-20-15-26(16-27)22-8-4-3-7-21(20)22/h2-13,15-16H,14H2,1H3,(H,25,28). The van der Waals surface area contributed by atoms with Crippen molar-refractivity contribution in [2.24, 2.45) is 0 Å². The van der Waals surface area contributed by atoms with Crippen LogP contribution in [0.3, 0.4) is 0 Å². The zero-order valence-electron chi connectivity index (χ0n) is 16.8. The van der Waals surface area contributed by atoms with Gasteiger partial charge in [0.25, 0.3) is 15.9 Å². The van der Waals surface area contributed by atoms with Gasteiger partial charge in [0.2, 0.25) is 6.41 Å². The minimum atomic E-state index is -3.96. The molecule has 31 heavy (non-hydrogen) atoms. The summed E-state index contributed by atoms with van der Waals surface area (Å²) < 4.78 is 28.7. The number of nitrogens with zero attached hydrogens (tertiary/aromatic N) is 1. The smallest absolute Gasteiger partial charge is 0.264 e. The van der Waals surface area contributed by atoms with E-state index in [9.17, 15) is 18.0 Å². The maximum Gasteiger partial charge on any atom is 0.264 e. The van der Waals surface area contributed by atoms with E-state index in [0.29, 0.717) is 12.0 Å². The number of fused-ring (bicyclic) bond motifs is 1. The zero-order chi connectivity index (χ0) is 22.0. The number of aromatic nitrogens is 1. The van der Waals surface area contributed by atoms with Crippen LogP contribution < -0.4 is 4.72 Å². The Bertz CT molecular complexity index is 1390. The summed E-state index contributed by atoms with van der Waals surface area (Å²) in [6.45, 7) is 1.68. The first kappa shape index (κ1) is 20.6. The van der Waals surface area contributed by atoms with Crippen LogP contribution in [-0.2, 0) is 21.2 Å². The lowest BCUT2D eigenvalue weighted by Gasteiger charge is -2.09. The van der Waals surface area contributed by atoms with Gasteiger partial charge in [0, 0.05) is 17.1 Å². The molecule has 4 aromatic rings. The highest BCUT2D eigenvalue weighted by molar-refractivity contribution is 7.90. The van der Waals surface area contributed by atoms with Crippen LogP contribution >= 0.6 is 0 Å². The average molecular weight is 433 g/mol. The summed E-state index contributed by atoms with van der Waals surface area (Å²) in [5, 5.41) is 0.987. The van der Waals surface area contributed by atoms with Crippen molar-refractivity contribution in [3.63, 3.8) is 0 Å². The van der Waals surface area contributed by atoms with E-state index in [0.717, 1.165) is 28.4 Å². The average Bonchev–Trinajstić information content (AvgIpc) is 3.12. The Morgan fingerprint density at radius 3 is 2.35 bits per heavy atom. The topological polar surface area (TPSA) is 85.2 Å².